The van der Waals surface area contributed by atoms with Crippen LogP contribution in [-0.2, 0) is 21.3 Å². The third-order valence-electron chi connectivity index (χ3n) is 1.63. The molecule has 108 valence electrons. The highest BCUT2D eigenvalue weighted by Crippen LogP contribution is 2.34. The van der Waals surface area contributed by atoms with Gasteiger partial charge in [-0.15, -0.1) is 0 Å². The average Bonchev–Trinajstić information content (AvgIpc) is 2.14. The lowest BCUT2D eigenvalue weighted by Gasteiger charge is -2.30. The second kappa shape index (κ2) is 8.92. The number of nitrogens with one attached hydrogen (secondary N) is 3. The minimum Gasteiger partial charge on any atom is -0.465 e. The molecule has 0 aliphatic heterocycles. The molecule has 0 bridgehead atoms. The Kier molecular flexibility index (Phi) is 8.89. The Morgan fingerprint density at radius 3 is 2.11 bits per heavy atom. The quantitative estimate of drug-likeness (QED) is 0.300. The van der Waals surface area contributed by atoms with Crippen molar-refractivity contribution in [2.75, 3.05) is 47.6 Å². The molecule has 0 fully saturated rings. The van der Waals surface area contributed by atoms with Gasteiger partial charge in [0.05, 0.1) is 19.4 Å². The molecule has 0 aliphatic rings. The lowest BCUT2D eigenvalue weighted by molar-refractivity contribution is -0.141. The van der Waals surface area contributed by atoms with Crippen LogP contribution in [0.2, 0.25) is 0 Å². The first-order valence-electron chi connectivity index (χ1n) is 5.65. The maximum absolute atomic E-state index is 11.2. The first-order chi connectivity index (χ1) is 8.29. The van der Waals surface area contributed by atoms with Gasteiger partial charge in [-0.2, -0.15) is 0 Å². The molecule has 18 heavy (non-hydrogen) atoms. The average molecular weight is 297 g/mol. The Bertz CT molecular complexity index is 287. The molecule has 0 spiro atoms. The van der Waals surface area contributed by atoms with Gasteiger partial charge in [-0.25, -0.2) is 20.4 Å². The van der Waals surface area contributed by atoms with E-state index in [9.17, 15) is 4.79 Å². The summed E-state index contributed by atoms with van der Waals surface area (Å²) in [6.07, 6.45) is -1.54. The lowest BCUT2D eigenvalue weighted by Crippen LogP contribution is -2.42. The first-order valence-corrected chi connectivity index (χ1v) is 8.63. The molecular weight excluding hydrogens is 273 g/mol. The van der Waals surface area contributed by atoms with Crippen LogP contribution in [0.5, 0.6) is 0 Å². The Hall–Kier alpha value is -0.0800. The predicted octanol–water partition coefficient (Wildman–Crippen LogP) is -0.461. The topological polar surface area (TPSA) is 68.9 Å². The number of esters is 1. The van der Waals surface area contributed by atoms with Crippen molar-refractivity contribution in [3.63, 3.8) is 0 Å². The van der Waals surface area contributed by atoms with Crippen molar-refractivity contribution in [3.05, 3.63) is 0 Å². The fraction of sp³-hybridized carbons (Fsp3) is 0.889. The molecule has 0 aromatic heterocycles. The molecule has 0 amide bonds. The van der Waals surface area contributed by atoms with E-state index in [2.05, 4.69) is 15.7 Å². The number of nitrogens with zero attached hydrogens (tertiary/aromatic N) is 2. The van der Waals surface area contributed by atoms with E-state index >= 15 is 0 Å². The molecule has 0 aromatic rings. The number of carbonyl (C=O) groups excluding carboxylic acids is 1. The zero-order chi connectivity index (χ0) is 14.2. The second-order valence-corrected chi connectivity index (χ2v) is 8.18. The molecule has 0 atom stereocenters. The molecule has 7 nitrogen and oxygen atoms in total. The summed E-state index contributed by atoms with van der Waals surface area (Å²) >= 11 is 5.56. The maximum Gasteiger partial charge on any atom is 0.319 e. The van der Waals surface area contributed by atoms with Crippen LogP contribution in [0.25, 0.3) is 0 Å². The van der Waals surface area contributed by atoms with Gasteiger partial charge in [-0.1, -0.05) is 11.8 Å². The van der Waals surface area contributed by atoms with E-state index in [-0.39, 0.29) is 12.5 Å². The zero-order valence-electron chi connectivity index (χ0n) is 11.7. The highest BCUT2D eigenvalue weighted by molar-refractivity contribution is 8.12. The van der Waals surface area contributed by atoms with E-state index in [1.807, 2.05) is 38.2 Å². The summed E-state index contributed by atoms with van der Waals surface area (Å²) in [6, 6.07) is 0. The van der Waals surface area contributed by atoms with Gasteiger partial charge in [0.25, 0.3) is 0 Å². The molecule has 0 heterocycles. The molecule has 0 saturated carbocycles. The number of hydrogen-bond donors (Lipinski definition) is 3. The molecule has 0 unspecified atom stereocenters. The van der Waals surface area contributed by atoms with Gasteiger partial charge in [0.1, 0.15) is 6.34 Å². The fourth-order valence-electron chi connectivity index (χ4n) is 1.27. The van der Waals surface area contributed by atoms with Crippen molar-refractivity contribution >= 4 is 24.1 Å². The first kappa shape index (κ1) is 17.9. The van der Waals surface area contributed by atoms with E-state index in [0.29, 0.717) is 12.9 Å². The Balaban J connectivity index is 4.25. The number of rotatable bonds is 9. The van der Waals surface area contributed by atoms with Crippen molar-refractivity contribution < 1.29 is 9.53 Å². The summed E-state index contributed by atoms with van der Waals surface area (Å²) in [5, 5.41) is 13.0. The van der Waals surface area contributed by atoms with Crippen LogP contribution in [0.1, 0.15) is 6.92 Å². The van der Waals surface area contributed by atoms with Gasteiger partial charge in [-0.05, 0) is 6.92 Å². The van der Waals surface area contributed by atoms with E-state index in [0.717, 1.165) is 0 Å². The Labute approximate surface area is 114 Å². The van der Waals surface area contributed by atoms with Gasteiger partial charge >= 0.3 is 5.97 Å². The molecule has 0 rings (SSSR count). The maximum atomic E-state index is 11.2. The lowest BCUT2D eigenvalue weighted by atomic mass is 10.6. The number of hydrazine groups is 2. The standard InChI is InChI=1S/C9H24N5O2PS/c1-6-16-9(15)7-10-8-17(18,11-13(2)3)12-14(4)5/h10H,6-8H2,1-5H3,(H2,11,12,18). The van der Waals surface area contributed by atoms with Crippen molar-refractivity contribution in [2.45, 2.75) is 6.92 Å². The van der Waals surface area contributed by atoms with Gasteiger partial charge in [0.15, 0.2) is 0 Å². The van der Waals surface area contributed by atoms with E-state index in [1.165, 1.54) is 0 Å². The van der Waals surface area contributed by atoms with Gasteiger partial charge < -0.3 is 4.74 Å². The molecule has 0 saturated heterocycles. The van der Waals surface area contributed by atoms with Crippen molar-refractivity contribution in [1.82, 2.24) is 25.7 Å². The largest absolute Gasteiger partial charge is 0.465 e. The fourth-order valence-corrected chi connectivity index (χ4v) is 4.43. The van der Waals surface area contributed by atoms with Crippen LogP contribution in [0.3, 0.4) is 0 Å². The summed E-state index contributed by atoms with van der Waals surface area (Å²) in [4.78, 5) is 11.2. The normalized spacial score (nSPS) is 12.2. The number of hydrogen-bond acceptors (Lipinski definition) is 6. The summed E-state index contributed by atoms with van der Waals surface area (Å²) in [7, 11) is 7.51. The van der Waals surface area contributed by atoms with Crippen molar-refractivity contribution in [3.8, 4) is 0 Å². The predicted molar refractivity (Wildman–Crippen MR) is 77.4 cm³/mol. The van der Waals surface area contributed by atoms with E-state index in [1.54, 1.807) is 6.92 Å². The third-order valence-corrected chi connectivity index (χ3v) is 4.62. The Morgan fingerprint density at radius 2 is 1.72 bits per heavy atom. The van der Waals surface area contributed by atoms with E-state index in [4.69, 9.17) is 16.5 Å². The Morgan fingerprint density at radius 1 is 1.22 bits per heavy atom. The summed E-state index contributed by atoms with van der Waals surface area (Å²) < 4.78 is 4.83. The molecule has 0 aromatic carbocycles. The van der Waals surface area contributed by atoms with Crippen molar-refractivity contribution in [2.24, 2.45) is 0 Å². The summed E-state index contributed by atoms with van der Waals surface area (Å²) in [5.74, 6) is -0.270. The van der Waals surface area contributed by atoms with Crippen LogP contribution in [0, 0.1) is 0 Å². The van der Waals surface area contributed by atoms with Crippen LogP contribution in [0.15, 0.2) is 0 Å². The summed E-state index contributed by atoms with van der Waals surface area (Å²) in [5.41, 5.74) is 0. The molecule has 0 radical (unpaired) electrons. The van der Waals surface area contributed by atoms with Gasteiger partial charge in [-0.3, -0.25) is 10.1 Å². The monoisotopic (exact) mass is 297 g/mol. The summed E-state index contributed by atoms with van der Waals surface area (Å²) in [6.45, 7) is 2.33. The smallest absolute Gasteiger partial charge is 0.319 e. The minimum absolute atomic E-state index is 0.163. The minimum atomic E-state index is -2.04. The van der Waals surface area contributed by atoms with Gasteiger partial charge in [0, 0.05) is 28.2 Å². The van der Waals surface area contributed by atoms with Crippen molar-refractivity contribution in [1.29, 1.82) is 0 Å². The molecule has 0 aliphatic carbocycles. The SMILES string of the molecule is CCOC(=O)CNCP(=S)(NN(C)C)NN(C)C. The third kappa shape index (κ3) is 8.93. The van der Waals surface area contributed by atoms with Crippen LogP contribution < -0.4 is 15.7 Å². The van der Waals surface area contributed by atoms with Crippen LogP contribution >= 0.6 is 6.34 Å². The molecular formula is C9H24N5O2PS. The molecule has 3 N–H and O–H groups in total. The van der Waals surface area contributed by atoms with Gasteiger partial charge in [0.2, 0.25) is 0 Å². The van der Waals surface area contributed by atoms with E-state index < -0.39 is 6.34 Å². The molecule has 9 heteroatoms. The zero-order valence-corrected chi connectivity index (χ0v) is 13.4. The van der Waals surface area contributed by atoms with Crippen LogP contribution in [0.4, 0.5) is 0 Å². The second-order valence-electron chi connectivity index (χ2n) is 4.12. The highest BCUT2D eigenvalue weighted by Gasteiger charge is 2.18. The highest BCUT2D eigenvalue weighted by atomic mass is 32.4. The van der Waals surface area contributed by atoms with Crippen LogP contribution in [-0.4, -0.2) is 63.6 Å². The number of ether oxygens (including phenoxy) is 1. The number of carbonyl (C=O) groups is 1.